The summed E-state index contributed by atoms with van der Waals surface area (Å²) in [6, 6.07) is 12.1. The molecule has 0 N–H and O–H groups in total. The zero-order valence-corrected chi connectivity index (χ0v) is 16.4. The molecular formula is C21H20N2O7. The van der Waals surface area contributed by atoms with Gasteiger partial charge in [-0.15, -0.1) is 0 Å². The Bertz CT molecular complexity index is 987. The minimum absolute atomic E-state index is 0.0300. The lowest BCUT2D eigenvalue weighted by Crippen LogP contribution is -2.30. The molecule has 1 amide bonds. The van der Waals surface area contributed by atoms with E-state index in [0.717, 1.165) is 0 Å². The molecule has 1 saturated heterocycles. The SMILES string of the molecule is COc1ccc(C(=O)[C@H](C)OC(=O)[C@@H]2CC(=O)N(c3cccc([N+](=O)[O-])c3)C2)cc1. The van der Waals surface area contributed by atoms with Crippen LogP contribution in [0.25, 0.3) is 0 Å². The van der Waals surface area contributed by atoms with E-state index in [4.69, 9.17) is 9.47 Å². The largest absolute Gasteiger partial charge is 0.497 e. The molecule has 30 heavy (non-hydrogen) atoms. The summed E-state index contributed by atoms with van der Waals surface area (Å²) in [6.07, 6.45) is -1.11. The normalized spacial score (nSPS) is 16.8. The molecule has 9 nitrogen and oxygen atoms in total. The van der Waals surface area contributed by atoms with Gasteiger partial charge in [-0.1, -0.05) is 6.07 Å². The van der Waals surface area contributed by atoms with Crippen molar-refractivity contribution in [2.75, 3.05) is 18.6 Å². The van der Waals surface area contributed by atoms with Crippen LogP contribution in [-0.2, 0) is 14.3 Å². The second kappa shape index (κ2) is 8.73. The number of amides is 1. The molecule has 9 heteroatoms. The Morgan fingerprint density at radius 1 is 1.20 bits per heavy atom. The molecule has 1 aliphatic rings. The van der Waals surface area contributed by atoms with Gasteiger partial charge in [0.15, 0.2) is 6.10 Å². The lowest BCUT2D eigenvalue weighted by molar-refractivity contribution is -0.384. The van der Waals surface area contributed by atoms with Crippen LogP contribution in [0.5, 0.6) is 5.75 Å². The highest BCUT2D eigenvalue weighted by atomic mass is 16.6. The number of nitrogens with zero attached hydrogens (tertiary/aromatic N) is 2. The van der Waals surface area contributed by atoms with Gasteiger partial charge < -0.3 is 14.4 Å². The third kappa shape index (κ3) is 4.45. The van der Waals surface area contributed by atoms with E-state index < -0.39 is 22.9 Å². The summed E-state index contributed by atoms with van der Waals surface area (Å²) in [5, 5.41) is 10.9. The van der Waals surface area contributed by atoms with Gasteiger partial charge in [0, 0.05) is 30.7 Å². The van der Waals surface area contributed by atoms with Crippen LogP contribution in [0.3, 0.4) is 0 Å². The highest BCUT2D eigenvalue weighted by Crippen LogP contribution is 2.28. The van der Waals surface area contributed by atoms with E-state index in [2.05, 4.69) is 0 Å². The Labute approximate surface area is 172 Å². The lowest BCUT2D eigenvalue weighted by atomic mass is 10.1. The van der Waals surface area contributed by atoms with Gasteiger partial charge in [0.05, 0.1) is 23.6 Å². The smallest absolute Gasteiger partial charge is 0.312 e. The predicted molar refractivity (Wildman–Crippen MR) is 106 cm³/mol. The first-order chi connectivity index (χ1) is 14.3. The summed E-state index contributed by atoms with van der Waals surface area (Å²) in [4.78, 5) is 49.0. The summed E-state index contributed by atoms with van der Waals surface area (Å²) in [5.74, 6) is -1.53. The van der Waals surface area contributed by atoms with Gasteiger partial charge in [0.2, 0.25) is 11.7 Å². The Hall–Kier alpha value is -3.75. The van der Waals surface area contributed by atoms with Crippen LogP contribution >= 0.6 is 0 Å². The van der Waals surface area contributed by atoms with Crippen molar-refractivity contribution in [3.05, 3.63) is 64.2 Å². The first-order valence-electron chi connectivity index (χ1n) is 9.23. The van der Waals surface area contributed by atoms with E-state index in [-0.39, 0.29) is 30.3 Å². The zero-order chi connectivity index (χ0) is 21.8. The first kappa shape index (κ1) is 21.0. The number of ether oxygens (including phenoxy) is 2. The van der Waals surface area contributed by atoms with Crippen molar-refractivity contribution < 1.29 is 28.8 Å². The van der Waals surface area contributed by atoms with E-state index in [1.807, 2.05) is 0 Å². The molecule has 0 saturated carbocycles. The maximum atomic E-state index is 12.5. The van der Waals surface area contributed by atoms with Crippen molar-refractivity contribution in [3.63, 3.8) is 0 Å². The van der Waals surface area contributed by atoms with Gasteiger partial charge in [-0.2, -0.15) is 0 Å². The quantitative estimate of drug-likeness (QED) is 0.297. The van der Waals surface area contributed by atoms with Gasteiger partial charge in [0.25, 0.3) is 5.69 Å². The number of non-ortho nitro benzene ring substituents is 1. The van der Waals surface area contributed by atoms with Crippen molar-refractivity contribution in [3.8, 4) is 5.75 Å². The standard InChI is InChI=1S/C21H20N2O7/c1-13(20(25)14-6-8-18(29-2)9-7-14)30-21(26)15-10-19(24)22(12-15)16-4-3-5-17(11-16)23(27)28/h3-9,11,13,15H,10,12H2,1-2H3/t13-,15+/m0/s1. The molecule has 1 aliphatic heterocycles. The number of hydrogen-bond acceptors (Lipinski definition) is 7. The molecule has 0 radical (unpaired) electrons. The summed E-state index contributed by atoms with van der Waals surface area (Å²) >= 11 is 0. The maximum absolute atomic E-state index is 12.5. The average Bonchev–Trinajstić information content (AvgIpc) is 3.15. The maximum Gasteiger partial charge on any atom is 0.312 e. The van der Waals surface area contributed by atoms with Gasteiger partial charge in [-0.25, -0.2) is 0 Å². The summed E-state index contributed by atoms with van der Waals surface area (Å²) in [7, 11) is 1.51. The first-order valence-corrected chi connectivity index (χ1v) is 9.23. The second-order valence-electron chi connectivity index (χ2n) is 6.85. The molecule has 0 bridgehead atoms. The molecule has 0 aliphatic carbocycles. The van der Waals surface area contributed by atoms with Crippen molar-refractivity contribution in [2.24, 2.45) is 5.92 Å². The van der Waals surface area contributed by atoms with Crippen molar-refractivity contribution in [2.45, 2.75) is 19.4 Å². The van der Waals surface area contributed by atoms with Crippen LogP contribution in [0.1, 0.15) is 23.7 Å². The van der Waals surface area contributed by atoms with Crippen LogP contribution in [0.2, 0.25) is 0 Å². The number of carbonyl (C=O) groups is 3. The number of rotatable bonds is 7. The van der Waals surface area contributed by atoms with E-state index >= 15 is 0 Å². The predicted octanol–water partition coefficient (Wildman–Crippen LogP) is 2.77. The number of anilines is 1. The Balaban J connectivity index is 1.64. The molecule has 3 rings (SSSR count). The van der Waals surface area contributed by atoms with Gasteiger partial charge in [-0.05, 0) is 37.3 Å². The van der Waals surface area contributed by atoms with Gasteiger partial charge in [0.1, 0.15) is 5.75 Å². The minimum atomic E-state index is -1.02. The minimum Gasteiger partial charge on any atom is -0.497 e. The van der Waals surface area contributed by atoms with E-state index in [1.54, 1.807) is 30.3 Å². The molecule has 0 spiro atoms. The third-order valence-corrected chi connectivity index (χ3v) is 4.85. The van der Waals surface area contributed by atoms with Crippen molar-refractivity contribution in [1.29, 1.82) is 0 Å². The van der Waals surface area contributed by atoms with Crippen molar-refractivity contribution in [1.82, 2.24) is 0 Å². The van der Waals surface area contributed by atoms with E-state index in [9.17, 15) is 24.5 Å². The van der Waals surface area contributed by atoms with E-state index in [1.165, 1.54) is 37.1 Å². The van der Waals surface area contributed by atoms with Crippen LogP contribution in [0.4, 0.5) is 11.4 Å². The molecule has 2 atom stereocenters. The Morgan fingerprint density at radius 3 is 2.53 bits per heavy atom. The highest BCUT2D eigenvalue weighted by Gasteiger charge is 2.37. The average molecular weight is 412 g/mol. The lowest BCUT2D eigenvalue weighted by Gasteiger charge is -2.17. The topological polar surface area (TPSA) is 116 Å². The van der Waals surface area contributed by atoms with E-state index in [0.29, 0.717) is 17.0 Å². The fourth-order valence-corrected chi connectivity index (χ4v) is 3.20. The van der Waals surface area contributed by atoms with Crippen LogP contribution < -0.4 is 9.64 Å². The fraction of sp³-hybridized carbons (Fsp3) is 0.286. The number of ketones is 1. The monoisotopic (exact) mass is 412 g/mol. The molecule has 1 heterocycles. The Kier molecular flexibility index (Phi) is 6.10. The summed E-state index contributed by atoms with van der Waals surface area (Å²) < 4.78 is 10.3. The van der Waals surface area contributed by atoms with Gasteiger partial charge in [-0.3, -0.25) is 24.5 Å². The molecule has 2 aromatic carbocycles. The highest BCUT2D eigenvalue weighted by molar-refractivity contribution is 6.02. The number of benzene rings is 2. The Morgan fingerprint density at radius 2 is 1.90 bits per heavy atom. The molecule has 0 aromatic heterocycles. The summed E-state index contributed by atoms with van der Waals surface area (Å²) in [6.45, 7) is 1.50. The number of Topliss-reactive ketones (excluding diaryl/α,β-unsaturated/α-hetero) is 1. The second-order valence-corrected chi connectivity index (χ2v) is 6.85. The molecule has 1 fully saturated rings. The zero-order valence-electron chi connectivity index (χ0n) is 16.4. The van der Waals surface area contributed by atoms with Crippen LogP contribution in [-0.4, -0.2) is 42.3 Å². The number of carbonyl (C=O) groups excluding carboxylic acids is 3. The molecule has 156 valence electrons. The van der Waals surface area contributed by atoms with Gasteiger partial charge >= 0.3 is 5.97 Å². The molecule has 2 aromatic rings. The fourth-order valence-electron chi connectivity index (χ4n) is 3.20. The van der Waals surface area contributed by atoms with Crippen molar-refractivity contribution >= 4 is 29.0 Å². The van der Waals surface area contributed by atoms with Crippen LogP contribution in [0, 0.1) is 16.0 Å². The summed E-state index contributed by atoms with van der Waals surface area (Å²) in [5.41, 5.74) is 0.564. The molecule has 0 unspecified atom stereocenters. The number of nitro benzene ring substituents is 1. The number of hydrogen-bond donors (Lipinski definition) is 0. The number of methoxy groups -OCH3 is 1. The molecular weight excluding hydrogens is 392 g/mol. The third-order valence-electron chi connectivity index (χ3n) is 4.85. The van der Waals surface area contributed by atoms with Crippen LogP contribution in [0.15, 0.2) is 48.5 Å². The number of nitro groups is 1. The number of esters is 1.